The predicted molar refractivity (Wildman–Crippen MR) is 49.2 cm³/mol. The number of benzene rings is 1. The molecule has 0 unspecified atom stereocenters. The molecule has 2 N–H and O–H groups in total. The highest BCUT2D eigenvalue weighted by molar-refractivity contribution is 5.91. The lowest BCUT2D eigenvalue weighted by atomic mass is 10.2. The molecule has 14 heavy (non-hydrogen) atoms. The lowest BCUT2D eigenvalue weighted by Crippen LogP contribution is -2.01. The van der Waals surface area contributed by atoms with Crippen molar-refractivity contribution in [3.63, 3.8) is 0 Å². The Morgan fingerprint density at radius 2 is 2.36 bits per heavy atom. The second-order valence-corrected chi connectivity index (χ2v) is 2.46. The Labute approximate surface area is 80.5 Å². The van der Waals surface area contributed by atoms with Crippen molar-refractivity contribution in [1.82, 2.24) is 0 Å². The molecule has 5 heteroatoms. The summed E-state index contributed by atoms with van der Waals surface area (Å²) in [6, 6.07) is 4.32. The van der Waals surface area contributed by atoms with Crippen LogP contribution in [0.15, 0.2) is 18.2 Å². The number of nitriles is 1. The summed E-state index contributed by atoms with van der Waals surface area (Å²) >= 11 is 0. The number of carboxylic acids is 1. The quantitative estimate of drug-likeness (QED) is 0.557. The number of rotatable bonds is 3. The summed E-state index contributed by atoms with van der Waals surface area (Å²) < 4.78 is 4.86. The van der Waals surface area contributed by atoms with Gasteiger partial charge < -0.3 is 9.84 Å². The van der Waals surface area contributed by atoms with E-state index in [1.807, 2.05) is 0 Å². The summed E-state index contributed by atoms with van der Waals surface area (Å²) in [4.78, 5) is 10.7. The van der Waals surface area contributed by atoms with E-state index in [1.54, 1.807) is 6.19 Å². The molecule has 0 radical (unpaired) electrons. The van der Waals surface area contributed by atoms with Gasteiger partial charge in [-0.3, -0.25) is 5.32 Å². The van der Waals surface area contributed by atoms with Crippen LogP contribution in [0.2, 0.25) is 0 Å². The van der Waals surface area contributed by atoms with Gasteiger partial charge in [-0.25, -0.2) is 4.79 Å². The minimum absolute atomic E-state index is 0.0657. The van der Waals surface area contributed by atoms with Crippen LogP contribution in [0, 0.1) is 11.5 Å². The molecule has 0 spiro atoms. The van der Waals surface area contributed by atoms with Crippen LogP contribution in [0.1, 0.15) is 10.4 Å². The zero-order valence-electron chi connectivity index (χ0n) is 7.44. The van der Waals surface area contributed by atoms with Gasteiger partial charge in [-0.1, -0.05) is 0 Å². The Kier molecular flexibility index (Phi) is 2.92. The fourth-order valence-electron chi connectivity index (χ4n) is 1.01. The summed E-state index contributed by atoms with van der Waals surface area (Å²) in [5, 5.41) is 19.5. The molecule has 0 aliphatic carbocycles. The van der Waals surface area contributed by atoms with Crippen LogP contribution < -0.4 is 10.1 Å². The summed E-state index contributed by atoms with van der Waals surface area (Å²) in [6.07, 6.45) is 1.73. The molecule has 0 aliphatic rings. The van der Waals surface area contributed by atoms with Gasteiger partial charge in [-0.15, -0.1) is 0 Å². The molecule has 72 valence electrons. The molecular formula is C9H8N2O3. The van der Waals surface area contributed by atoms with Crippen LogP contribution >= 0.6 is 0 Å². The van der Waals surface area contributed by atoms with E-state index in [9.17, 15) is 4.79 Å². The van der Waals surface area contributed by atoms with Crippen molar-refractivity contribution in [3.05, 3.63) is 23.8 Å². The third-order valence-corrected chi connectivity index (χ3v) is 1.63. The summed E-state index contributed by atoms with van der Waals surface area (Å²) in [5.74, 6) is -0.844. The van der Waals surface area contributed by atoms with E-state index >= 15 is 0 Å². The van der Waals surface area contributed by atoms with Gasteiger partial charge in [-0.2, -0.15) is 5.26 Å². The average Bonchev–Trinajstić information content (AvgIpc) is 2.17. The summed E-state index contributed by atoms with van der Waals surface area (Å²) in [6.45, 7) is 0. The maximum atomic E-state index is 10.7. The lowest BCUT2D eigenvalue weighted by molar-refractivity contribution is 0.0693. The highest BCUT2D eigenvalue weighted by Gasteiger charge is 2.10. The standard InChI is InChI=1S/C9H8N2O3/c1-14-8-4-6(11-5-10)2-3-7(8)9(12)13/h2-4,11H,1H3,(H,12,13). The molecule has 0 saturated carbocycles. The molecule has 1 aromatic carbocycles. The van der Waals surface area contributed by atoms with Gasteiger partial charge in [0.05, 0.1) is 12.8 Å². The Morgan fingerprint density at radius 1 is 1.64 bits per heavy atom. The Morgan fingerprint density at radius 3 is 2.86 bits per heavy atom. The van der Waals surface area contributed by atoms with Gasteiger partial charge in [0.2, 0.25) is 0 Å². The molecular weight excluding hydrogens is 184 g/mol. The smallest absolute Gasteiger partial charge is 0.339 e. The monoisotopic (exact) mass is 192 g/mol. The van der Waals surface area contributed by atoms with Crippen molar-refractivity contribution >= 4 is 11.7 Å². The Hall–Kier alpha value is -2.22. The second kappa shape index (κ2) is 4.14. The van der Waals surface area contributed by atoms with Crippen LogP contribution in [0.3, 0.4) is 0 Å². The van der Waals surface area contributed by atoms with Crippen LogP contribution in [0.25, 0.3) is 0 Å². The number of carbonyl (C=O) groups is 1. The topological polar surface area (TPSA) is 82.3 Å². The second-order valence-electron chi connectivity index (χ2n) is 2.46. The SMILES string of the molecule is COc1cc(NC#N)ccc1C(=O)O. The van der Waals surface area contributed by atoms with Crippen LogP contribution in [-0.2, 0) is 0 Å². The molecule has 0 bridgehead atoms. The third-order valence-electron chi connectivity index (χ3n) is 1.63. The van der Waals surface area contributed by atoms with Gasteiger partial charge in [0.15, 0.2) is 6.19 Å². The number of nitrogens with zero attached hydrogens (tertiary/aromatic N) is 1. The van der Waals surface area contributed by atoms with E-state index in [0.717, 1.165) is 0 Å². The normalized spacial score (nSPS) is 8.86. The molecule has 1 aromatic rings. The fourth-order valence-corrected chi connectivity index (χ4v) is 1.01. The van der Waals surface area contributed by atoms with Gasteiger partial charge in [0.25, 0.3) is 0 Å². The average molecular weight is 192 g/mol. The first-order valence-corrected chi connectivity index (χ1v) is 3.75. The van der Waals surface area contributed by atoms with Gasteiger partial charge in [0, 0.05) is 6.07 Å². The zero-order chi connectivity index (χ0) is 10.6. The van der Waals surface area contributed by atoms with Crippen molar-refractivity contribution in [2.24, 2.45) is 0 Å². The van der Waals surface area contributed by atoms with Gasteiger partial charge >= 0.3 is 5.97 Å². The molecule has 0 saturated heterocycles. The maximum absolute atomic E-state index is 10.7. The van der Waals surface area contributed by atoms with Gasteiger partial charge in [0.1, 0.15) is 11.3 Å². The largest absolute Gasteiger partial charge is 0.496 e. The van der Waals surface area contributed by atoms with E-state index in [0.29, 0.717) is 5.69 Å². The van der Waals surface area contributed by atoms with Crippen molar-refractivity contribution < 1.29 is 14.6 Å². The number of aromatic carboxylic acids is 1. The van der Waals surface area contributed by atoms with Crippen LogP contribution in [0.4, 0.5) is 5.69 Å². The molecule has 0 amide bonds. The van der Waals surface area contributed by atoms with E-state index in [-0.39, 0.29) is 11.3 Å². The molecule has 0 fully saturated rings. The van der Waals surface area contributed by atoms with E-state index in [1.165, 1.54) is 25.3 Å². The minimum Gasteiger partial charge on any atom is -0.496 e. The minimum atomic E-state index is -1.06. The van der Waals surface area contributed by atoms with Crippen LogP contribution in [-0.4, -0.2) is 18.2 Å². The Bertz CT molecular complexity index is 396. The van der Waals surface area contributed by atoms with Gasteiger partial charge in [-0.05, 0) is 12.1 Å². The zero-order valence-corrected chi connectivity index (χ0v) is 7.44. The molecule has 0 aromatic heterocycles. The third kappa shape index (κ3) is 1.93. The first kappa shape index (κ1) is 9.86. The summed E-state index contributed by atoms with van der Waals surface area (Å²) in [7, 11) is 1.37. The molecule has 0 atom stereocenters. The molecule has 1 rings (SSSR count). The van der Waals surface area contributed by atoms with Crippen molar-refractivity contribution in [2.45, 2.75) is 0 Å². The van der Waals surface area contributed by atoms with E-state index in [4.69, 9.17) is 15.1 Å². The van der Waals surface area contributed by atoms with Crippen molar-refractivity contribution in [3.8, 4) is 11.9 Å². The molecule has 0 aliphatic heterocycles. The molecule has 5 nitrogen and oxygen atoms in total. The number of ether oxygens (including phenoxy) is 1. The van der Waals surface area contributed by atoms with Crippen molar-refractivity contribution in [2.75, 3.05) is 12.4 Å². The predicted octanol–water partition coefficient (Wildman–Crippen LogP) is 1.29. The maximum Gasteiger partial charge on any atom is 0.339 e. The molecule has 0 heterocycles. The lowest BCUT2D eigenvalue weighted by Gasteiger charge is -2.05. The number of hydrogen-bond donors (Lipinski definition) is 2. The highest BCUT2D eigenvalue weighted by atomic mass is 16.5. The Balaban J connectivity index is 3.12. The highest BCUT2D eigenvalue weighted by Crippen LogP contribution is 2.22. The summed E-state index contributed by atoms with van der Waals surface area (Å²) in [5.41, 5.74) is 0.560. The first-order valence-electron chi connectivity index (χ1n) is 3.75. The number of methoxy groups -OCH3 is 1. The fraction of sp³-hybridized carbons (Fsp3) is 0.111. The van der Waals surface area contributed by atoms with E-state index in [2.05, 4.69) is 5.32 Å². The number of hydrogen-bond acceptors (Lipinski definition) is 4. The van der Waals surface area contributed by atoms with Crippen molar-refractivity contribution in [1.29, 1.82) is 5.26 Å². The first-order chi connectivity index (χ1) is 6.69. The van der Waals surface area contributed by atoms with E-state index < -0.39 is 5.97 Å². The number of anilines is 1. The number of nitrogens with one attached hydrogen (secondary N) is 1. The van der Waals surface area contributed by atoms with Crippen LogP contribution in [0.5, 0.6) is 5.75 Å². The number of carboxylic acid groups (broad SMARTS) is 1.